The van der Waals surface area contributed by atoms with E-state index in [1.165, 1.54) is 14.2 Å². The van der Waals surface area contributed by atoms with Crippen LogP contribution in [0.5, 0.6) is 0 Å². The lowest BCUT2D eigenvalue weighted by atomic mass is 10.1. The molecule has 2 rings (SSSR count). The van der Waals surface area contributed by atoms with Crippen LogP contribution in [0.3, 0.4) is 0 Å². The van der Waals surface area contributed by atoms with Crippen LogP contribution in [0.2, 0.25) is 0 Å². The Morgan fingerprint density at radius 1 is 1.17 bits per heavy atom. The number of esters is 2. The number of fused-ring (bicyclic) bond motifs is 1. The van der Waals surface area contributed by atoms with Crippen molar-refractivity contribution in [3.05, 3.63) is 40.7 Å². The predicted molar refractivity (Wildman–Crippen MR) is 65.3 cm³/mol. The molecular weight excluding hydrogens is 234 g/mol. The molecule has 0 amide bonds. The van der Waals surface area contributed by atoms with Gasteiger partial charge in [-0.05, 0) is 0 Å². The van der Waals surface area contributed by atoms with Gasteiger partial charge in [-0.1, -0.05) is 24.3 Å². The second-order valence-corrected chi connectivity index (χ2v) is 3.74. The molecule has 0 unspecified atom stereocenters. The summed E-state index contributed by atoms with van der Waals surface area (Å²) in [6.07, 6.45) is 8.01. The standard InChI is InChI=1S/C13H13NO4/c1-17-12(15)10-8-6-4-3-5-7-9(8)14-11(10)13(16)18-2/h3-6,14H,7H2,1-2H3. The van der Waals surface area contributed by atoms with Crippen LogP contribution < -0.4 is 0 Å². The molecule has 0 saturated carbocycles. The molecule has 94 valence electrons. The monoisotopic (exact) mass is 247 g/mol. The maximum absolute atomic E-state index is 11.8. The molecule has 0 aromatic carbocycles. The van der Waals surface area contributed by atoms with Crippen molar-refractivity contribution in [2.75, 3.05) is 14.2 Å². The summed E-state index contributed by atoms with van der Waals surface area (Å²) >= 11 is 0. The van der Waals surface area contributed by atoms with Crippen molar-refractivity contribution in [3.8, 4) is 0 Å². The normalized spacial score (nSPS) is 12.8. The smallest absolute Gasteiger partial charge is 0.355 e. The van der Waals surface area contributed by atoms with Gasteiger partial charge in [0, 0.05) is 17.7 Å². The lowest BCUT2D eigenvalue weighted by molar-refractivity contribution is 0.0552. The summed E-state index contributed by atoms with van der Waals surface area (Å²) in [4.78, 5) is 26.4. The van der Waals surface area contributed by atoms with Crippen LogP contribution in [-0.4, -0.2) is 31.1 Å². The van der Waals surface area contributed by atoms with Crippen LogP contribution in [0.15, 0.2) is 18.2 Å². The van der Waals surface area contributed by atoms with Gasteiger partial charge in [0.15, 0.2) is 0 Å². The zero-order valence-electron chi connectivity index (χ0n) is 10.1. The van der Waals surface area contributed by atoms with E-state index in [1.807, 2.05) is 18.2 Å². The number of methoxy groups -OCH3 is 2. The second kappa shape index (κ2) is 4.91. The average Bonchev–Trinajstić information content (AvgIpc) is 2.60. The van der Waals surface area contributed by atoms with Crippen molar-refractivity contribution in [2.45, 2.75) is 6.42 Å². The van der Waals surface area contributed by atoms with E-state index in [9.17, 15) is 9.59 Å². The van der Waals surface area contributed by atoms with Crippen LogP contribution in [0.4, 0.5) is 0 Å². The Balaban J connectivity index is 2.62. The molecular formula is C13H13NO4. The Hall–Kier alpha value is -2.30. The molecule has 0 radical (unpaired) electrons. The number of rotatable bonds is 2. The number of aromatic amines is 1. The van der Waals surface area contributed by atoms with Gasteiger partial charge < -0.3 is 14.5 Å². The topological polar surface area (TPSA) is 68.4 Å². The number of carbonyl (C=O) groups is 2. The van der Waals surface area contributed by atoms with Crippen LogP contribution >= 0.6 is 0 Å². The van der Waals surface area contributed by atoms with E-state index in [0.717, 1.165) is 5.69 Å². The number of carbonyl (C=O) groups excluding carboxylic acids is 2. The SMILES string of the molecule is COC(=O)c1[nH]c2c(c1C(=O)OC)C=CC=CC2. The van der Waals surface area contributed by atoms with E-state index in [2.05, 4.69) is 9.72 Å². The van der Waals surface area contributed by atoms with Crippen LogP contribution in [0, 0.1) is 0 Å². The lowest BCUT2D eigenvalue weighted by Crippen LogP contribution is -2.11. The summed E-state index contributed by atoms with van der Waals surface area (Å²) in [7, 11) is 2.55. The number of nitrogens with one attached hydrogen (secondary N) is 1. The molecule has 0 saturated heterocycles. The van der Waals surface area contributed by atoms with Crippen LogP contribution in [0.25, 0.3) is 6.08 Å². The highest BCUT2D eigenvalue weighted by Gasteiger charge is 2.26. The Morgan fingerprint density at radius 3 is 2.56 bits per heavy atom. The third-order valence-corrected chi connectivity index (χ3v) is 2.73. The van der Waals surface area contributed by atoms with Crippen molar-refractivity contribution in [1.29, 1.82) is 0 Å². The maximum atomic E-state index is 11.8. The van der Waals surface area contributed by atoms with E-state index in [4.69, 9.17) is 4.74 Å². The first-order valence-electron chi connectivity index (χ1n) is 5.43. The van der Waals surface area contributed by atoms with Gasteiger partial charge in [-0.2, -0.15) is 0 Å². The van der Waals surface area contributed by atoms with E-state index < -0.39 is 11.9 Å². The third-order valence-electron chi connectivity index (χ3n) is 2.73. The number of hydrogen-bond donors (Lipinski definition) is 1. The van der Waals surface area contributed by atoms with Gasteiger partial charge in [-0.25, -0.2) is 9.59 Å². The molecule has 18 heavy (non-hydrogen) atoms. The quantitative estimate of drug-likeness (QED) is 0.808. The molecule has 1 aromatic rings. The van der Waals surface area contributed by atoms with E-state index in [-0.39, 0.29) is 11.3 Å². The van der Waals surface area contributed by atoms with Crippen molar-refractivity contribution in [2.24, 2.45) is 0 Å². The minimum Gasteiger partial charge on any atom is -0.465 e. The molecule has 0 fully saturated rings. The lowest BCUT2D eigenvalue weighted by Gasteiger charge is -2.02. The zero-order chi connectivity index (χ0) is 13.1. The Kier molecular flexibility index (Phi) is 3.32. The summed E-state index contributed by atoms with van der Waals surface area (Å²) < 4.78 is 9.38. The minimum absolute atomic E-state index is 0.134. The fourth-order valence-corrected chi connectivity index (χ4v) is 1.90. The minimum atomic E-state index is -0.583. The number of allylic oxidation sites excluding steroid dienone is 3. The Bertz CT molecular complexity index is 552. The van der Waals surface area contributed by atoms with Gasteiger partial charge >= 0.3 is 11.9 Å². The van der Waals surface area contributed by atoms with Crippen molar-refractivity contribution in [3.63, 3.8) is 0 Å². The zero-order valence-corrected chi connectivity index (χ0v) is 10.1. The molecule has 0 spiro atoms. The van der Waals surface area contributed by atoms with Gasteiger partial charge in [0.2, 0.25) is 0 Å². The molecule has 0 bridgehead atoms. The van der Waals surface area contributed by atoms with Gasteiger partial charge in [0.25, 0.3) is 0 Å². The summed E-state index contributed by atoms with van der Waals surface area (Å²) in [6, 6.07) is 0. The van der Waals surface area contributed by atoms with E-state index in [1.54, 1.807) is 6.08 Å². The van der Waals surface area contributed by atoms with Crippen LogP contribution in [-0.2, 0) is 15.9 Å². The number of H-pyrrole nitrogens is 1. The van der Waals surface area contributed by atoms with E-state index >= 15 is 0 Å². The Morgan fingerprint density at radius 2 is 1.89 bits per heavy atom. The summed E-state index contributed by atoms with van der Waals surface area (Å²) in [6.45, 7) is 0. The molecule has 1 heterocycles. The largest absolute Gasteiger partial charge is 0.465 e. The highest BCUT2D eigenvalue weighted by atomic mass is 16.5. The molecule has 5 nitrogen and oxygen atoms in total. The van der Waals surface area contributed by atoms with Crippen molar-refractivity contribution >= 4 is 18.0 Å². The highest BCUT2D eigenvalue weighted by molar-refractivity contribution is 6.05. The van der Waals surface area contributed by atoms with Gasteiger partial charge in [-0.15, -0.1) is 0 Å². The fourth-order valence-electron chi connectivity index (χ4n) is 1.90. The van der Waals surface area contributed by atoms with E-state index in [0.29, 0.717) is 12.0 Å². The molecule has 1 aliphatic carbocycles. The molecule has 5 heteroatoms. The predicted octanol–water partition coefficient (Wildman–Crippen LogP) is 1.71. The summed E-state index contributed by atoms with van der Waals surface area (Å²) in [5, 5.41) is 0. The first-order chi connectivity index (χ1) is 8.69. The highest BCUT2D eigenvalue weighted by Crippen LogP contribution is 2.24. The molecule has 0 atom stereocenters. The molecule has 1 N–H and O–H groups in total. The first-order valence-corrected chi connectivity index (χ1v) is 5.43. The first kappa shape index (κ1) is 12.2. The summed E-state index contributed by atoms with van der Waals surface area (Å²) in [5.41, 5.74) is 1.82. The fraction of sp³-hybridized carbons (Fsp3) is 0.231. The van der Waals surface area contributed by atoms with Gasteiger partial charge in [0.1, 0.15) is 5.69 Å². The summed E-state index contributed by atoms with van der Waals surface area (Å²) in [5.74, 6) is -1.14. The number of ether oxygens (including phenoxy) is 2. The Labute approximate surface area is 104 Å². The third kappa shape index (κ3) is 1.95. The molecule has 0 aliphatic heterocycles. The number of hydrogen-bond acceptors (Lipinski definition) is 4. The van der Waals surface area contributed by atoms with Crippen molar-refractivity contribution in [1.82, 2.24) is 4.98 Å². The van der Waals surface area contributed by atoms with Gasteiger partial charge in [0.05, 0.1) is 19.8 Å². The number of aromatic nitrogens is 1. The van der Waals surface area contributed by atoms with Crippen LogP contribution in [0.1, 0.15) is 32.1 Å². The van der Waals surface area contributed by atoms with Crippen molar-refractivity contribution < 1.29 is 19.1 Å². The van der Waals surface area contributed by atoms with Gasteiger partial charge in [-0.3, -0.25) is 0 Å². The average molecular weight is 247 g/mol. The maximum Gasteiger partial charge on any atom is 0.355 e. The second-order valence-electron chi connectivity index (χ2n) is 3.74. The molecule has 1 aromatic heterocycles. The molecule has 1 aliphatic rings.